The van der Waals surface area contributed by atoms with Gasteiger partial charge in [0.2, 0.25) is 0 Å². The van der Waals surface area contributed by atoms with Crippen LogP contribution in [0.5, 0.6) is 5.75 Å². The van der Waals surface area contributed by atoms with Crippen LogP contribution >= 0.6 is 0 Å². The summed E-state index contributed by atoms with van der Waals surface area (Å²) in [6.07, 6.45) is 2.55. The molecular formula is C16H20N2O. The summed E-state index contributed by atoms with van der Waals surface area (Å²) >= 11 is 0. The SMILES string of the molecule is Cc1ccc(COc2ccc(CC(C)N)nc2)cc1. The number of hydrogen-bond acceptors (Lipinski definition) is 3. The van der Waals surface area contributed by atoms with Gasteiger partial charge in [0.15, 0.2) is 0 Å². The average molecular weight is 256 g/mol. The van der Waals surface area contributed by atoms with Crippen molar-refractivity contribution in [1.29, 1.82) is 0 Å². The Kier molecular flexibility index (Phi) is 4.53. The summed E-state index contributed by atoms with van der Waals surface area (Å²) in [5, 5.41) is 0. The van der Waals surface area contributed by atoms with Crippen molar-refractivity contribution in [2.45, 2.75) is 32.9 Å². The first kappa shape index (κ1) is 13.6. The van der Waals surface area contributed by atoms with Gasteiger partial charge in [-0.15, -0.1) is 0 Å². The molecule has 100 valence electrons. The maximum atomic E-state index is 5.74. The third-order valence-corrected chi connectivity index (χ3v) is 2.85. The van der Waals surface area contributed by atoms with Gasteiger partial charge in [-0.1, -0.05) is 29.8 Å². The largest absolute Gasteiger partial charge is 0.487 e. The Balaban J connectivity index is 1.91. The van der Waals surface area contributed by atoms with E-state index in [4.69, 9.17) is 10.5 Å². The van der Waals surface area contributed by atoms with Crippen molar-refractivity contribution in [2.24, 2.45) is 5.73 Å². The van der Waals surface area contributed by atoms with E-state index in [0.717, 1.165) is 23.4 Å². The Hall–Kier alpha value is -1.87. The van der Waals surface area contributed by atoms with E-state index in [1.165, 1.54) is 5.56 Å². The zero-order valence-electron chi connectivity index (χ0n) is 11.5. The van der Waals surface area contributed by atoms with Crippen LogP contribution < -0.4 is 10.5 Å². The topological polar surface area (TPSA) is 48.1 Å². The molecule has 0 bridgehead atoms. The number of nitrogens with zero attached hydrogens (tertiary/aromatic N) is 1. The Morgan fingerprint density at radius 1 is 1.16 bits per heavy atom. The molecule has 1 heterocycles. The van der Waals surface area contributed by atoms with E-state index in [1.807, 2.05) is 19.1 Å². The molecule has 0 aliphatic heterocycles. The summed E-state index contributed by atoms with van der Waals surface area (Å²) in [5.74, 6) is 0.786. The fourth-order valence-corrected chi connectivity index (χ4v) is 1.80. The quantitative estimate of drug-likeness (QED) is 0.894. The van der Waals surface area contributed by atoms with E-state index in [2.05, 4.69) is 36.2 Å². The Morgan fingerprint density at radius 2 is 1.89 bits per heavy atom. The third kappa shape index (κ3) is 4.38. The van der Waals surface area contributed by atoms with Crippen LogP contribution in [0.25, 0.3) is 0 Å². The van der Waals surface area contributed by atoms with Gasteiger partial charge in [-0.25, -0.2) is 0 Å². The predicted octanol–water partition coefficient (Wildman–Crippen LogP) is 2.86. The van der Waals surface area contributed by atoms with Crippen LogP contribution in [0.15, 0.2) is 42.6 Å². The van der Waals surface area contributed by atoms with Gasteiger partial charge in [0.05, 0.1) is 6.20 Å². The minimum Gasteiger partial charge on any atom is -0.487 e. The summed E-state index contributed by atoms with van der Waals surface area (Å²) in [7, 11) is 0. The van der Waals surface area contributed by atoms with Crippen molar-refractivity contribution < 1.29 is 4.74 Å². The van der Waals surface area contributed by atoms with Gasteiger partial charge in [0.25, 0.3) is 0 Å². The second kappa shape index (κ2) is 6.34. The molecule has 19 heavy (non-hydrogen) atoms. The molecule has 2 N–H and O–H groups in total. The van der Waals surface area contributed by atoms with Crippen molar-refractivity contribution in [3.05, 3.63) is 59.4 Å². The summed E-state index contributed by atoms with van der Waals surface area (Å²) < 4.78 is 5.70. The lowest BCUT2D eigenvalue weighted by molar-refractivity contribution is 0.304. The molecule has 3 heteroatoms. The molecule has 0 amide bonds. The number of rotatable bonds is 5. The molecule has 2 aromatic rings. The molecule has 1 aromatic heterocycles. The molecular weight excluding hydrogens is 236 g/mol. The van der Waals surface area contributed by atoms with Crippen LogP contribution in [0.3, 0.4) is 0 Å². The molecule has 1 unspecified atom stereocenters. The molecule has 0 saturated carbocycles. The van der Waals surface area contributed by atoms with E-state index in [1.54, 1.807) is 6.20 Å². The highest BCUT2D eigenvalue weighted by Crippen LogP contribution is 2.13. The van der Waals surface area contributed by atoms with Gasteiger partial charge < -0.3 is 10.5 Å². The molecule has 2 rings (SSSR count). The monoisotopic (exact) mass is 256 g/mol. The first-order valence-corrected chi connectivity index (χ1v) is 6.52. The van der Waals surface area contributed by atoms with Gasteiger partial charge in [-0.05, 0) is 31.5 Å². The Morgan fingerprint density at radius 3 is 2.47 bits per heavy atom. The molecule has 0 fully saturated rings. The Bertz CT molecular complexity index is 503. The molecule has 1 atom stereocenters. The van der Waals surface area contributed by atoms with Crippen LogP contribution in [0, 0.1) is 6.92 Å². The summed E-state index contributed by atoms with van der Waals surface area (Å²) in [4.78, 5) is 4.34. The second-order valence-corrected chi connectivity index (χ2v) is 4.94. The van der Waals surface area contributed by atoms with Crippen molar-refractivity contribution in [3.63, 3.8) is 0 Å². The number of benzene rings is 1. The lowest BCUT2D eigenvalue weighted by Crippen LogP contribution is -2.18. The highest BCUT2D eigenvalue weighted by atomic mass is 16.5. The lowest BCUT2D eigenvalue weighted by atomic mass is 10.2. The highest BCUT2D eigenvalue weighted by Gasteiger charge is 2.01. The van der Waals surface area contributed by atoms with Gasteiger partial charge in [-0.2, -0.15) is 0 Å². The van der Waals surface area contributed by atoms with Crippen LogP contribution in [0.4, 0.5) is 0 Å². The summed E-state index contributed by atoms with van der Waals surface area (Å²) in [5.41, 5.74) is 9.15. The van der Waals surface area contributed by atoms with E-state index in [0.29, 0.717) is 6.61 Å². The van der Waals surface area contributed by atoms with E-state index >= 15 is 0 Å². The van der Waals surface area contributed by atoms with Crippen molar-refractivity contribution in [1.82, 2.24) is 4.98 Å². The molecule has 0 aliphatic carbocycles. The molecule has 3 nitrogen and oxygen atoms in total. The lowest BCUT2D eigenvalue weighted by Gasteiger charge is -2.08. The maximum absolute atomic E-state index is 5.74. The summed E-state index contributed by atoms with van der Waals surface area (Å²) in [6.45, 7) is 4.61. The number of nitrogens with two attached hydrogens (primary N) is 1. The zero-order chi connectivity index (χ0) is 13.7. The Labute approximate surface area is 114 Å². The molecule has 1 aromatic carbocycles. The minimum absolute atomic E-state index is 0.131. The highest BCUT2D eigenvalue weighted by molar-refractivity contribution is 5.23. The smallest absolute Gasteiger partial charge is 0.138 e. The van der Waals surface area contributed by atoms with Crippen molar-refractivity contribution >= 4 is 0 Å². The first-order valence-electron chi connectivity index (χ1n) is 6.52. The van der Waals surface area contributed by atoms with Crippen LogP contribution in [0.2, 0.25) is 0 Å². The van der Waals surface area contributed by atoms with Crippen LogP contribution in [0.1, 0.15) is 23.7 Å². The zero-order valence-corrected chi connectivity index (χ0v) is 11.5. The maximum Gasteiger partial charge on any atom is 0.138 e. The molecule has 0 radical (unpaired) electrons. The van der Waals surface area contributed by atoms with E-state index in [9.17, 15) is 0 Å². The average Bonchev–Trinajstić information content (AvgIpc) is 2.39. The van der Waals surface area contributed by atoms with Crippen molar-refractivity contribution in [2.75, 3.05) is 0 Å². The van der Waals surface area contributed by atoms with Gasteiger partial charge in [0.1, 0.15) is 12.4 Å². The fraction of sp³-hybridized carbons (Fsp3) is 0.312. The number of aromatic nitrogens is 1. The van der Waals surface area contributed by atoms with E-state index < -0.39 is 0 Å². The third-order valence-electron chi connectivity index (χ3n) is 2.85. The second-order valence-electron chi connectivity index (χ2n) is 4.94. The molecule has 0 spiro atoms. The minimum atomic E-state index is 0.131. The first-order chi connectivity index (χ1) is 9.13. The summed E-state index contributed by atoms with van der Waals surface area (Å²) in [6, 6.07) is 12.4. The van der Waals surface area contributed by atoms with E-state index in [-0.39, 0.29) is 6.04 Å². The van der Waals surface area contributed by atoms with Crippen LogP contribution in [-0.4, -0.2) is 11.0 Å². The van der Waals surface area contributed by atoms with Crippen LogP contribution in [-0.2, 0) is 13.0 Å². The predicted molar refractivity (Wildman–Crippen MR) is 77.1 cm³/mol. The molecule has 0 aliphatic rings. The number of ether oxygens (including phenoxy) is 1. The molecule has 0 saturated heterocycles. The standard InChI is InChI=1S/C16H20N2O/c1-12-3-5-14(6-4-12)11-19-16-8-7-15(18-10-16)9-13(2)17/h3-8,10,13H,9,11,17H2,1-2H3. The van der Waals surface area contributed by atoms with Crippen molar-refractivity contribution in [3.8, 4) is 5.75 Å². The van der Waals surface area contributed by atoms with Gasteiger partial charge >= 0.3 is 0 Å². The number of pyridine rings is 1. The van der Waals surface area contributed by atoms with Gasteiger partial charge in [-0.3, -0.25) is 4.98 Å². The fourth-order valence-electron chi connectivity index (χ4n) is 1.80. The normalized spacial score (nSPS) is 12.2. The number of aryl methyl sites for hydroxylation is 1. The number of hydrogen-bond donors (Lipinski definition) is 1. The van der Waals surface area contributed by atoms with Gasteiger partial charge in [0, 0.05) is 18.2 Å².